The molecule has 2 atom stereocenters. The molecule has 0 aliphatic carbocycles. The van der Waals surface area contributed by atoms with Gasteiger partial charge in [-0.1, -0.05) is 6.92 Å². The summed E-state index contributed by atoms with van der Waals surface area (Å²) in [6, 6.07) is 8.19. The molecule has 2 aromatic rings. The van der Waals surface area contributed by atoms with Crippen LogP contribution >= 0.6 is 11.6 Å². The molecule has 1 N–H and O–H groups in total. The lowest BCUT2D eigenvalue weighted by atomic mass is 9.90. The van der Waals surface area contributed by atoms with Gasteiger partial charge in [-0.2, -0.15) is 0 Å². The second kappa shape index (κ2) is 6.28. The van der Waals surface area contributed by atoms with Crippen LogP contribution in [-0.4, -0.2) is 36.7 Å². The summed E-state index contributed by atoms with van der Waals surface area (Å²) in [6.45, 7) is 9.68. The van der Waals surface area contributed by atoms with Gasteiger partial charge >= 0.3 is 0 Å². The van der Waals surface area contributed by atoms with Crippen molar-refractivity contribution in [3.8, 4) is 5.75 Å². The summed E-state index contributed by atoms with van der Waals surface area (Å²) in [5.41, 5.74) is 3.52. The highest BCUT2D eigenvalue weighted by molar-refractivity contribution is 6.21. The van der Waals surface area contributed by atoms with Crippen LogP contribution in [0.15, 0.2) is 24.3 Å². The fourth-order valence-corrected chi connectivity index (χ4v) is 4.10. The molecule has 0 fully saturated rings. The lowest BCUT2D eigenvalue weighted by Crippen LogP contribution is -2.41. The Morgan fingerprint density at radius 3 is 2.48 bits per heavy atom. The summed E-state index contributed by atoms with van der Waals surface area (Å²) in [7, 11) is 4.08. The van der Waals surface area contributed by atoms with Gasteiger partial charge in [0, 0.05) is 60.3 Å². The Morgan fingerprint density at radius 2 is 1.92 bits per heavy atom. The lowest BCUT2D eigenvalue weighted by molar-refractivity contribution is 0.478. The lowest BCUT2D eigenvalue weighted by Gasteiger charge is -2.35. The van der Waals surface area contributed by atoms with Crippen molar-refractivity contribution in [1.82, 2.24) is 0 Å². The number of hydrogen-bond acceptors (Lipinski definition) is 3. The minimum absolute atomic E-state index is 0.0207. The predicted octanol–water partition coefficient (Wildman–Crippen LogP) is 5.33. The summed E-state index contributed by atoms with van der Waals surface area (Å²) in [6.07, 6.45) is 0.930. The molecule has 1 aliphatic heterocycles. The molecule has 3 rings (SSSR count). The van der Waals surface area contributed by atoms with Crippen LogP contribution in [0.3, 0.4) is 0 Å². The van der Waals surface area contributed by atoms with Crippen LogP contribution < -0.4 is 9.80 Å². The van der Waals surface area contributed by atoms with E-state index in [2.05, 4.69) is 49.6 Å². The van der Waals surface area contributed by atoms with E-state index in [0.29, 0.717) is 5.75 Å². The third-order valence-electron chi connectivity index (χ3n) is 5.31. The Hall–Kier alpha value is -1.61. The largest absolute Gasteiger partial charge is 0.507 e. The fraction of sp³-hybridized carbons (Fsp3) is 0.524. The minimum Gasteiger partial charge on any atom is -0.507 e. The summed E-state index contributed by atoms with van der Waals surface area (Å²) in [5.74, 6) is 0.609. The van der Waals surface area contributed by atoms with Crippen molar-refractivity contribution in [2.45, 2.75) is 50.9 Å². The zero-order valence-corrected chi connectivity index (χ0v) is 16.9. The smallest absolute Gasteiger partial charge is 0.125 e. The van der Waals surface area contributed by atoms with Crippen molar-refractivity contribution in [3.05, 3.63) is 29.8 Å². The second-order valence-electron chi connectivity index (χ2n) is 8.26. The van der Waals surface area contributed by atoms with E-state index < -0.39 is 0 Å². The van der Waals surface area contributed by atoms with Crippen molar-refractivity contribution >= 4 is 33.7 Å². The molecule has 0 saturated heterocycles. The number of benzene rings is 2. The number of phenols is 1. The van der Waals surface area contributed by atoms with Gasteiger partial charge in [-0.05, 0) is 56.3 Å². The van der Waals surface area contributed by atoms with Gasteiger partial charge in [0.1, 0.15) is 5.75 Å². The SMILES string of the molecule is CC[C@@H](Cl)[C@@H]1CN(C(C)(C)C)c2cc(O)c3ccc(N(C)C)cc3c21. The number of nitrogens with zero attached hydrogens (tertiary/aromatic N) is 2. The first-order chi connectivity index (χ1) is 11.6. The number of aromatic hydroxyl groups is 1. The molecule has 0 saturated carbocycles. The van der Waals surface area contributed by atoms with E-state index in [1.807, 2.05) is 26.2 Å². The maximum absolute atomic E-state index is 10.7. The molecule has 0 amide bonds. The summed E-state index contributed by atoms with van der Waals surface area (Å²) in [5, 5.41) is 12.8. The number of anilines is 2. The molecular formula is C21H29ClN2O. The van der Waals surface area contributed by atoms with Crippen molar-refractivity contribution in [2.75, 3.05) is 30.4 Å². The third kappa shape index (κ3) is 3.03. The molecule has 0 unspecified atom stereocenters. The van der Waals surface area contributed by atoms with E-state index in [9.17, 15) is 5.11 Å². The van der Waals surface area contributed by atoms with Crippen molar-refractivity contribution < 1.29 is 5.11 Å². The summed E-state index contributed by atoms with van der Waals surface area (Å²) in [4.78, 5) is 4.49. The van der Waals surface area contributed by atoms with Gasteiger partial charge in [0.25, 0.3) is 0 Å². The fourth-order valence-electron chi connectivity index (χ4n) is 3.89. The van der Waals surface area contributed by atoms with Crippen LogP contribution in [0, 0.1) is 0 Å². The Morgan fingerprint density at radius 1 is 1.24 bits per heavy atom. The highest BCUT2D eigenvalue weighted by atomic mass is 35.5. The van der Waals surface area contributed by atoms with E-state index in [-0.39, 0.29) is 16.8 Å². The predicted molar refractivity (Wildman–Crippen MR) is 110 cm³/mol. The zero-order chi connectivity index (χ0) is 18.5. The topological polar surface area (TPSA) is 26.7 Å². The quantitative estimate of drug-likeness (QED) is 0.749. The van der Waals surface area contributed by atoms with Crippen molar-refractivity contribution in [2.24, 2.45) is 0 Å². The van der Waals surface area contributed by atoms with Crippen LogP contribution in [0.2, 0.25) is 0 Å². The first kappa shape index (κ1) is 18.2. The first-order valence-corrected chi connectivity index (χ1v) is 9.47. The van der Waals surface area contributed by atoms with Crippen LogP contribution in [0.1, 0.15) is 45.6 Å². The van der Waals surface area contributed by atoms with E-state index in [0.717, 1.165) is 35.1 Å². The Balaban J connectivity index is 2.32. The van der Waals surface area contributed by atoms with E-state index >= 15 is 0 Å². The van der Waals surface area contributed by atoms with Crippen LogP contribution in [0.25, 0.3) is 10.8 Å². The maximum Gasteiger partial charge on any atom is 0.125 e. The highest BCUT2D eigenvalue weighted by Gasteiger charge is 2.39. The van der Waals surface area contributed by atoms with Gasteiger partial charge in [-0.3, -0.25) is 0 Å². The normalized spacial score (nSPS) is 18.5. The molecule has 0 spiro atoms. The highest BCUT2D eigenvalue weighted by Crippen LogP contribution is 2.49. The van der Waals surface area contributed by atoms with Crippen LogP contribution in [-0.2, 0) is 0 Å². The first-order valence-electron chi connectivity index (χ1n) is 9.03. The number of rotatable bonds is 3. The minimum atomic E-state index is -0.0207. The zero-order valence-electron chi connectivity index (χ0n) is 16.1. The molecule has 136 valence electrons. The van der Waals surface area contributed by atoms with Crippen LogP contribution in [0.4, 0.5) is 11.4 Å². The van der Waals surface area contributed by atoms with Gasteiger partial charge in [-0.15, -0.1) is 11.6 Å². The van der Waals surface area contributed by atoms with Gasteiger partial charge < -0.3 is 14.9 Å². The number of alkyl halides is 1. The van der Waals surface area contributed by atoms with E-state index in [1.54, 1.807) is 0 Å². The van der Waals surface area contributed by atoms with Gasteiger partial charge in [0.15, 0.2) is 0 Å². The van der Waals surface area contributed by atoms with E-state index in [1.165, 1.54) is 5.56 Å². The number of halogens is 1. The molecule has 2 aromatic carbocycles. The van der Waals surface area contributed by atoms with Crippen LogP contribution in [0.5, 0.6) is 5.75 Å². The summed E-state index contributed by atoms with van der Waals surface area (Å²) >= 11 is 6.76. The molecular weight excluding hydrogens is 332 g/mol. The summed E-state index contributed by atoms with van der Waals surface area (Å²) < 4.78 is 0. The Bertz CT molecular complexity index is 795. The second-order valence-corrected chi connectivity index (χ2v) is 8.83. The number of hydrogen-bond donors (Lipinski definition) is 1. The van der Waals surface area contributed by atoms with Gasteiger partial charge in [0.05, 0.1) is 0 Å². The molecule has 1 heterocycles. The molecule has 3 nitrogen and oxygen atoms in total. The number of fused-ring (bicyclic) bond motifs is 3. The average molecular weight is 361 g/mol. The number of phenolic OH excluding ortho intramolecular Hbond substituents is 1. The molecule has 25 heavy (non-hydrogen) atoms. The third-order valence-corrected chi connectivity index (χ3v) is 5.93. The molecule has 4 heteroatoms. The monoisotopic (exact) mass is 360 g/mol. The molecule has 1 aliphatic rings. The van der Waals surface area contributed by atoms with Crippen molar-refractivity contribution in [3.63, 3.8) is 0 Å². The standard InChI is InChI=1S/C21H29ClN2O/c1-7-17(22)16-12-24(21(2,3)4)18-11-19(25)14-9-8-13(23(5)6)10-15(14)20(16)18/h8-11,16-17,25H,7,12H2,1-6H3/t16-,17+/m0/s1. The molecule has 0 radical (unpaired) electrons. The molecule has 0 bridgehead atoms. The maximum atomic E-state index is 10.7. The van der Waals surface area contributed by atoms with E-state index in [4.69, 9.17) is 11.6 Å². The average Bonchev–Trinajstić information content (AvgIpc) is 2.93. The molecule has 0 aromatic heterocycles. The Labute approximate surface area is 156 Å². The van der Waals surface area contributed by atoms with Crippen molar-refractivity contribution in [1.29, 1.82) is 0 Å². The van der Waals surface area contributed by atoms with Gasteiger partial charge in [0.2, 0.25) is 0 Å². The van der Waals surface area contributed by atoms with Gasteiger partial charge in [-0.25, -0.2) is 0 Å². The Kier molecular flexibility index (Phi) is 4.57.